The van der Waals surface area contributed by atoms with Gasteiger partial charge in [0.15, 0.2) is 11.5 Å². The number of benzene rings is 3. The summed E-state index contributed by atoms with van der Waals surface area (Å²) in [6.45, 7) is 0. The van der Waals surface area contributed by atoms with Crippen molar-refractivity contribution in [2.45, 2.75) is 0 Å². The summed E-state index contributed by atoms with van der Waals surface area (Å²) in [4.78, 5) is 29.4. The molecule has 3 N–H and O–H groups in total. The number of hydrogen-bond acceptors (Lipinski definition) is 5. The third kappa shape index (κ3) is 4.09. The molecule has 4 rings (SSSR count). The van der Waals surface area contributed by atoms with Gasteiger partial charge in [0.1, 0.15) is 0 Å². The van der Waals surface area contributed by atoms with Gasteiger partial charge in [0.2, 0.25) is 5.91 Å². The van der Waals surface area contributed by atoms with Crippen molar-refractivity contribution in [3.8, 4) is 22.8 Å². The van der Waals surface area contributed by atoms with Crippen LogP contribution in [0.3, 0.4) is 0 Å². The molecule has 7 nitrogen and oxygen atoms in total. The van der Waals surface area contributed by atoms with Crippen molar-refractivity contribution in [1.29, 1.82) is 0 Å². The Morgan fingerprint density at radius 2 is 1.66 bits per heavy atom. The van der Waals surface area contributed by atoms with Crippen molar-refractivity contribution < 1.29 is 19.1 Å². The highest BCUT2D eigenvalue weighted by molar-refractivity contribution is 6.13. The van der Waals surface area contributed by atoms with E-state index >= 15 is 0 Å². The first-order valence-electron chi connectivity index (χ1n) is 9.83. The molecule has 1 heterocycles. The quantitative estimate of drug-likeness (QED) is 0.478. The first-order valence-corrected chi connectivity index (χ1v) is 9.83. The van der Waals surface area contributed by atoms with Gasteiger partial charge < -0.3 is 20.5 Å². The van der Waals surface area contributed by atoms with E-state index in [1.54, 1.807) is 50.6 Å². The maximum atomic E-state index is 13.2. The summed E-state index contributed by atoms with van der Waals surface area (Å²) in [5.41, 5.74) is 8.65. The normalized spacial score (nSPS) is 10.6. The molecule has 7 heteroatoms. The minimum Gasteiger partial charge on any atom is -0.493 e. The van der Waals surface area contributed by atoms with Gasteiger partial charge in [0, 0.05) is 22.2 Å². The highest BCUT2D eigenvalue weighted by atomic mass is 16.5. The van der Waals surface area contributed by atoms with E-state index in [4.69, 9.17) is 20.2 Å². The Morgan fingerprint density at radius 1 is 0.875 bits per heavy atom. The number of amides is 2. The molecule has 0 aliphatic heterocycles. The number of carbonyl (C=O) groups is 2. The van der Waals surface area contributed by atoms with Crippen molar-refractivity contribution in [1.82, 2.24) is 4.98 Å². The first kappa shape index (κ1) is 20.9. The zero-order valence-electron chi connectivity index (χ0n) is 17.6. The second-order valence-electron chi connectivity index (χ2n) is 7.04. The molecule has 0 atom stereocenters. The molecular formula is C25H21N3O4. The van der Waals surface area contributed by atoms with Gasteiger partial charge in [-0.15, -0.1) is 0 Å². The van der Waals surface area contributed by atoms with Crippen molar-refractivity contribution in [3.05, 3.63) is 83.9 Å². The molecule has 3 aromatic carbocycles. The monoisotopic (exact) mass is 427 g/mol. The number of rotatable bonds is 6. The number of hydrogen-bond donors (Lipinski definition) is 2. The third-order valence-corrected chi connectivity index (χ3v) is 5.05. The van der Waals surface area contributed by atoms with Crippen molar-refractivity contribution in [2.75, 3.05) is 19.5 Å². The lowest BCUT2D eigenvalue weighted by molar-refractivity contribution is 0.0996. The molecule has 2 amide bonds. The summed E-state index contributed by atoms with van der Waals surface area (Å²) in [6, 6.07) is 21.1. The summed E-state index contributed by atoms with van der Waals surface area (Å²) in [5, 5.41) is 3.55. The van der Waals surface area contributed by atoms with E-state index in [1.165, 1.54) is 0 Å². The zero-order valence-corrected chi connectivity index (χ0v) is 17.6. The van der Waals surface area contributed by atoms with Gasteiger partial charge in [-0.2, -0.15) is 0 Å². The molecule has 0 bridgehead atoms. The van der Waals surface area contributed by atoms with E-state index in [9.17, 15) is 9.59 Å². The number of aromatic nitrogens is 1. The number of nitrogens with zero attached hydrogens (tertiary/aromatic N) is 1. The summed E-state index contributed by atoms with van der Waals surface area (Å²) in [6.07, 6.45) is 0. The van der Waals surface area contributed by atoms with Crippen molar-refractivity contribution >= 4 is 28.4 Å². The Hall–Kier alpha value is -4.39. The van der Waals surface area contributed by atoms with Crippen LogP contribution in [0.2, 0.25) is 0 Å². The van der Waals surface area contributed by atoms with Crippen LogP contribution in [0.15, 0.2) is 72.8 Å². The van der Waals surface area contributed by atoms with Crippen LogP contribution in [-0.2, 0) is 0 Å². The number of methoxy groups -OCH3 is 2. The van der Waals surface area contributed by atoms with E-state index in [0.29, 0.717) is 44.9 Å². The zero-order chi connectivity index (χ0) is 22.7. The minimum atomic E-state index is -0.564. The van der Waals surface area contributed by atoms with Crippen LogP contribution < -0.4 is 20.5 Å². The number of nitrogens with two attached hydrogens (primary N) is 1. The number of para-hydroxylation sites is 1. The van der Waals surface area contributed by atoms with Crippen molar-refractivity contribution in [2.24, 2.45) is 5.73 Å². The standard InChI is InChI=1S/C25H21N3O4/c1-31-22-11-10-15(13-23(22)32-2)21-14-19(18-8-3-4-9-20(18)28-21)25(30)27-17-7-5-6-16(12-17)24(26)29/h3-14H,1-2H3,(H2,26,29)(H,27,30). The fourth-order valence-corrected chi connectivity index (χ4v) is 3.46. The van der Waals surface area contributed by atoms with Gasteiger partial charge in [-0.05, 0) is 48.5 Å². The molecule has 32 heavy (non-hydrogen) atoms. The van der Waals surface area contributed by atoms with Gasteiger partial charge >= 0.3 is 0 Å². The van der Waals surface area contributed by atoms with Gasteiger partial charge in [-0.3, -0.25) is 9.59 Å². The molecule has 0 fully saturated rings. The molecule has 0 unspecified atom stereocenters. The molecule has 0 spiro atoms. The van der Waals surface area contributed by atoms with Crippen LogP contribution in [0.25, 0.3) is 22.2 Å². The summed E-state index contributed by atoms with van der Waals surface area (Å²) in [5.74, 6) is 0.275. The van der Waals surface area contributed by atoms with Gasteiger partial charge in [-0.1, -0.05) is 24.3 Å². The van der Waals surface area contributed by atoms with Crippen LogP contribution >= 0.6 is 0 Å². The number of carbonyl (C=O) groups excluding carboxylic acids is 2. The predicted octanol–water partition coefficient (Wildman–Crippen LogP) is 4.27. The highest BCUT2D eigenvalue weighted by Gasteiger charge is 2.16. The van der Waals surface area contributed by atoms with Crippen LogP contribution in [0.5, 0.6) is 11.5 Å². The number of fused-ring (bicyclic) bond motifs is 1. The number of pyridine rings is 1. The predicted molar refractivity (Wildman–Crippen MR) is 123 cm³/mol. The minimum absolute atomic E-state index is 0.313. The van der Waals surface area contributed by atoms with Crippen LogP contribution in [0, 0.1) is 0 Å². The number of nitrogens with one attached hydrogen (secondary N) is 1. The Bertz CT molecular complexity index is 1330. The van der Waals surface area contributed by atoms with Crippen LogP contribution in [-0.4, -0.2) is 31.0 Å². The molecule has 0 aliphatic rings. The van der Waals surface area contributed by atoms with Gasteiger partial charge in [0.05, 0.1) is 31.0 Å². The molecule has 0 saturated carbocycles. The Morgan fingerprint density at radius 3 is 2.41 bits per heavy atom. The maximum absolute atomic E-state index is 13.2. The maximum Gasteiger partial charge on any atom is 0.256 e. The average molecular weight is 427 g/mol. The number of anilines is 1. The van der Waals surface area contributed by atoms with Gasteiger partial charge in [0.25, 0.3) is 5.91 Å². The molecule has 4 aromatic rings. The molecular weight excluding hydrogens is 406 g/mol. The SMILES string of the molecule is COc1ccc(-c2cc(C(=O)Nc3cccc(C(N)=O)c3)c3ccccc3n2)cc1OC. The lowest BCUT2D eigenvalue weighted by Crippen LogP contribution is -2.15. The Balaban J connectivity index is 1.78. The fourth-order valence-electron chi connectivity index (χ4n) is 3.46. The van der Waals surface area contributed by atoms with E-state index in [2.05, 4.69) is 5.32 Å². The number of ether oxygens (including phenoxy) is 2. The smallest absolute Gasteiger partial charge is 0.256 e. The Labute approximate surface area is 184 Å². The van der Waals surface area contributed by atoms with E-state index < -0.39 is 5.91 Å². The topological polar surface area (TPSA) is 104 Å². The first-order chi connectivity index (χ1) is 15.5. The highest BCUT2D eigenvalue weighted by Crippen LogP contribution is 2.33. The van der Waals surface area contributed by atoms with E-state index in [-0.39, 0.29) is 5.91 Å². The van der Waals surface area contributed by atoms with Crippen LogP contribution in [0.1, 0.15) is 20.7 Å². The second-order valence-corrected chi connectivity index (χ2v) is 7.04. The molecule has 0 aliphatic carbocycles. The van der Waals surface area contributed by atoms with Gasteiger partial charge in [-0.25, -0.2) is 4.98 Å². The summed E-state index contributed by atoms with van der Waals surface area (Å²) >= 11 is 0. The van der Waals surface area contributed by atoms with E-state index in [0.717, 1.165) is 5.56 Å². The largest absolute Gasteiger partial charge is 0.493 e. The molecule has 1 aromatic heterocycles. The molecule has 160 valence electrons. The Kier molecular flexibility index (Phi) is 5.72. The molecule has 0 radical (unpaired) electrons. The second kappa shape index (κ2) is 8.77. The van der Waals surface area contributed by atoms with Crippen LogP contribution in [0.4, 0.5) is 5.69 Å². The summed E-state index contributed by atoms with van der Waals surface area (Å²) in [7, 11) is 3.13. The summed E-state index contributed by atoms with van der Waals surface area (Å²) < 4.78 is 10.7. The van der Waals surface area contributed by atoms with Crippen molar-refractivity contribution in [3.63, 3.8) is 0 Å². The lowest BCUT2D eigenvalue weighted by atomic mass is 10.0. The average Bonchev–Trinajstić information content (AvgIpc) is 2.82. The molecule has 0 saturated heterocycles. The van der Waals surface area contributed by atoms with E-state index in [1.807, 2.05) is 36.4 Å². The third-order valence-electron chi connectivity index (χ3n) is 5.05. The number of primary amides is 1. The lowest BCUT2D eigenvalue weighted by Gasteiger charge is -2.13. The fraction of sp³-hybridized carbons (Fsp3) is 0.0800.